The molecular weight excluding hydrogens is 390 g/mol. The number of rotatable bonds is 6. The van der Waals surface area contributed by atoms with E-state index in [4.69, 9.17) is 4.74 Å². The Morgan fingerprint density at radius 2 is 1.55 bits per heavy atom. The molecule has 0 fully saturated rings. The highest BCUT2D eigenvalue weighted by Gasteiger charge is 2.19. The Labute approximate surface area is 180 Å². The summed E-state index contributed by atoms with van der Waals surface area (Å²) in [6.45, 7) is 1.87. The van der Waals surface area contributed by atoms with Crippen LogP contribution in [0.5, 0.6) is 0 Å². The number of aromatic nitrogens is 2. The summed E-state index contributed by atoms with van der Waals surface area (Å²) in [6.07, 6.45) is 0. The molecule has 4 rings (SSSR count). The lowest BCUT2D eigenvalue weighted by atomic mass is 10.2. The van der Waals surface area contributed by atoms with Gasteiger partial charge in [0.2, 0.25) is 0 Å². The molecule has 7 nitrogen and oxygen atoms in total. The summed E-state index contributed by atoms with van der Waals surface area (Å²) < 4.78 is 6.68. The standard InChI is InChI=1S/C24H21N5O2/c1-17-22(27-26-18-11-5-3-6-12-18)23(29(28-17)19-13-7-4-8-14-19)25-21-16-10-9-15-20(21)24(30)31-2/h3-16,25H,1-2H3. The van der Waals surface area contributed by atoms with Gasteiger partial charge in [-0.05, 0) is 43.3 Å². The Kier molecular flexibility index (Phi) is 5.84. The van der Waals surface area contributed by atoms with Gasteiger partial charge in [-0.2, -0.15) is 10.2 Å². The summed E-state index contributed by atoms with van der Waals surface area (Å²) in [5, 5.41) is 16.8. The van der Waals surface area contributed by atoms with Crippen LogP contribution in [0, 0.1) is 6.92 Å². The quantitative estimate of drug-likeness (QED) is 0.306. The smallest absolute Gasteiger partial charge is 0.339 e. The fourth-order valence-corrected chi connectivity index (χ4v) is 3.12. The Hall–Kier alpha value is -4.26. The average molecular weight is 411 g/mol. The molecule has 0 unspecified atom stereocenters. The van der Waals surface area contributed by atoms with E-state index in [9.17, 15) is 4.79 Å². The van der Waals surface area contributed by atoms with Crippen molar-refractivity contribution in [2.75, 3.05) is 12.4 Å². The van der Waals surface area contributed by atoms with Gasteiger partial charge in [-0.1, -0.05) is 48.5 Å². The molecule has 4 aromatic rings. The lowest BCUT2D eigenvalue weighted by Gasteiger charge is -2.13. The van der Waals surface area contributed by atoms with Crippen LogP contribution in [0.3, 0.4) is 0 Å². The zero-order valence-electron chi connectivity index (χ0n) is 17.2. The second kappa shape index (κ2) is 9.04. The Morgan fingerprint density at radius 1 is 0.903 bits per heavy atom. The Morgan fingerprint density at radius 3 is 2.26 bits per heavy atom. The molecule has 0 bridgehead atoms. The minimum atomic E-state index is -0.432. The fourth-order valence-electron chi connectivity index (χ4n) is 3.12. The van der Waals surface area contributed by atoms with Crippen LogP contribution >= 0.6 is 0 Å². The molecule has 1 heterocycles. The maximum absolute atomic E-state index is 12.3. The molecule has 31 heavy (non-hydrogen) atoms. The van der Waals surface area contributed by atoms with Gasteiger partial charge in [-0.15, -0.1) is 5.11 Å². The van der Waals surface area contributed by atoms with Crippen LogP contribution in [0.15, 0.2) is 95.2 Å². The molecule has 154 valence electrons. The molecule has 0 aliphatic heterocycles. The molecule has 0 atom stereocenters. The zero-order chi connectivity index (χ0) is 21.6. The molecule has 0 saturated heterocycles. The van der Waals surface area contributed by atoms with Crippen molar-refractivity contribution >= 4 is 28.8 Å². The summed E-state index contributed by atoms with van der Waals surface area (Å²) in [5.41, 5.74) is 3.85. The average Bonchev–Trinajstić information content (AvgIpc) is 3.13. The van der Waals surface area contributed by atoms with Crippen LogP contribution in [0.2, 0.25) is 0 Å². The number of benzene rings is 3. The predicted octanol–water partition coefficient (Wildman–Crippen LogP) is 6.13. The number of para-hydroxylation sites is 2. The highest BCUT2D eigenvalue weighted by Crippen LogP contribution is 2.35. The van der Waals surface area contributed by atoms with E-state index in [-0.39, 0.29) is 0 Å². The molecule has 0 radical (unpaired) electrons. The van der Waals surface area contributed by atoms with Gasteiger partial charge < -0.3 is 10.1 Å². The summed E-state index contributed by atoms with van der Waals surface area (Å²) >= 11 is 0. The van der Waals surface area contributed by atoms with Crippen LogP contribution in [0.25, 0.3) is 5.69 Å². The van der Waals surface area contributed by atoms with Crippen molar-refractivity contribution in [3.63, 3.8) is 0 Å². The SMILES string of the molecule is COC(=O)c1ccccc1Nc1c(N=Nc2ccccc2)c(C)nn1-c1ccccc1. The van der Waals surface area contributed by atoms with E-state index in [2.05, 4.69) is 20.6 Å². The largest absolute Gasteiger partial charge is 0.465 e. The molecular formula is C24H21N5O2. The van der Waals surface area contributed by atoms with Crippen LogP contribution in [-0.2, 0) is 4.74 Å². The van der Waals surface area contributed by atoms with Gasteiger partial charge in [0, 0.05) is 0 Å². The zero-order valence-corrected chi connectivity index (χ0v) is 17.2. The number of methoxy groups -OCH3 is 1. The van der Waals surface area contributed by atoms with E-state index in [0.29, 0.717) is 28.5 Å². The monoisotopic (exact) mass is 411 g/mol. The van der Waals surface area contributed by atoms with Gasteiger partial charge in [0.25, 0.3) is 0 Å². The normalized spacial score (nSPS) is 10.9. The number of nitrogens with zero attached hydrogens (tertiary/aromatic N) is 4. The van der Waals surface area contributed by atoms with Crippen molar-refractivity contribution < 1.29 is 9.53 Å². The lowest BCUT2D eigenvalue weighted by molar-refractivity contribution is 0.0602. The Bertz CT molecular complexity index is 1220. The second-order valence-electron chi connectivity index (χ2n) is 6.73. The van der Waals surface area contributed by atoms with E-state index < -0.39 is 5.97 Å². The number of nitrogens with one attached hydrogen (secondary N) is 1. The number of carbonyl (C=O) groups excluding carboxylic acids is 1. The number of esters is 1. The number of anilines is 2. The van der Waals surface area contributed by atoms with Crippen molar-refractivity contribution in [3.05, 3.63) is 96.2 Å². The van der Waals surface area contributed by atoms with E-state index in [1.165, 1.54) is 7.11 Å². The molecule has 7 heteroatoms. The van der Waals surface area contributed by atoms with Crippen molar-refractivity contribution in [2.45, 2.75) is 6.92 Å². The van der Waals surface area contributed by atoms with E-state index in [0.717, 1.165) is 11.4 Å². The first kappa shape index (κ1) is 20.0. The van der Waals surface area contributed by atoms with Crippen molar-refractivity contribution in [2.24, 2.45) is 10.2 Å². The van der Waals surface area contributed by atoms with Crippen molar-refractivity contribution in [3.8, 4) is 5.69 Å². The van der Waals surface area contributed by atoms with Crippen LogP contribution in [-0.4, -0.2) is 22.9 Å². The van der Waals surface area contributed by atoms with Crippen LogP contribution in [0.4, 0.5) is 22.9 Å². The van der Waals surface area contributed by atoms with Gasteiger partial charge in [-0.3, -0.25) is 0 Å². The van der Waals surface area contributed by atoms with Gasteiger partial charge in [0.1, 0.15) is 0 Å². The predicted molar refractivity (Wildman–Crippen MR) is 120 cm³/mol. The topological polar surface area (TPSA) is 80.9 Å². The van der Waals surface area contributed by atoms with E-state index in [1.807, 2.05) is 79.7 Å². The molecule has 3 aromatic carbocycles. The minimum Gasteiger partial charge on any atom is -0.465 e. The first-order valence-electron chi connectivity index (χ1n) is 9.73. The highest BCUT2D eigenvalue weighted by atomic mass is 16.5. The summed E-state index contributed by atoms with van der Waals surface area (Å²) in [5.74, 6) is 0.165. The Balaban J connectivity index is 1.83. The molecule has 0 aliphatic rings. The van der Waals surface area contributed by atoms with E-state index in [1.54, 1.807) is 16.8 Å². The molecule has 1 N–H and O–H groups in total. The third-order valence-corrected chi connectivity index (χ3v) is 4.64. The highest BCUT2D eigenvalue weighted by molar-refractivity contribution is 5.96. The number of carbonyl (C=O) groups is 1. The lowest BCUT2D eigenvalue weighted by Crippen LogP contribution is -2.08. The first-order chi connectivity index (χ1) is 15.2. The maximum Gasteiger partial charge on any atom is 0.339 e. The van der Waals surface area contributed by atoms with Crippen molar-refractivity contribution in [1.82, 2.24) is 9.78 Å². The summed E-state index contributed by atoms with van der Waals surface area (Å²) in [7, 11) is 1.36. The number of ether oxygens (including phenoxy) is 1. The third kappa shape index (κ3) is 4.35. The van der Waals surface area contributed by atoms with Crippen molar-refractivity contribution in [1.29, 1.82) is 0 Å². The van der Waals surface area contributed by atoms with Gasteiger partial charge in [-0.25, -0.2) is 9.48 Å². The van der Waals surface area contributed by atoms with Crippen LogP contribution in [0.1, 0.15) is 16.1 Å². The molecule has 0 saturated carbocycles. The van der Waals surface area contributed by atoms with E-state index >= 15 is 0 Å². The number of aryl methyl sites for hydroxylation is 1. The molecule has 1 aromatic heterocycles. The number of hydrogen-bond donors (Lipinski definition) is 1. The van der Waals surface area contributed by atoms with Gasteiger partial charge in [0.05, 0.1) is 35.4 Å². The molecule has 0 amide bonds. The summed E-state index contributed by atoms with van der Waals surface area (Å²) in [4.78, 5) is 12.3. The fraction of sp³-hybridized carbons (Fsp3) is 0.0833. The third-order valence-electron chi connectivity index (χ3n) is 4.64. The molecule has 0 aliphatic carbocycles. The van der Waals surface area contributed by atoms with Gasteiger partial charge in [0.15, 0.2) is 11.5 Å². The number of azo groups is 1. The summed E-state index contributed by atoms with van der Waals surface area (Å²) in [6, 6.07) is 26.3. The minimum absolute atomic E-state index is 0.411. The maximum atomic E-state index is 12.3. The number of hydrogen-bond acceptors (Lipinski definition) is 6. The van der Waals surface area contributed by atoms with Crippen LogP contribution < -0.4 is 5.32 Å². The molecule has 0 spiro atoms. The van der Waals surface area contributed by atoms with Gasteiger partial charge >= 0.3 is 5.97 Å². The first-order valence-corrected chi connectivity index (χ1v) is 9.73. The second-order valence-corrected chi connectivity index (χ2v) is 6.73.